The van der Waals surface area contributed by atoms with Crippen LogP contribution >= 0.6 is 7.60 Å². The highest BCUT2D eigenvalue weighted by Gasteiger charge is 2.39. The van der Waals surface area contributed by atoms with Crippen LogP contribution in [0.3, 0.4) is 0 Å². The molecule has 1 rings (SSSR count). The number of carbonyl (C=O) groups excluding carboxylic acids is 3. The van der Waals surface area contributed by atoms with Crippen LogP contribution in [0.25, 0.3) is 0 Å². The Labute approximate surface area is 175 Å². The van der Waals surface area contributed by atoms with E-state index in [0.29, 0.717) is 4.90 Å². The van der Waals surface area contributed by atoms with Crippen LogP contribution in [0.2, 0.25) is 0 Å². The van der Waals surface area contributed by atoms with Gasteiger partial charge in [0.1, 0.15) is 12.3 Å². The first kappa shape index (κ1) is 25.8. The third kappa shape index (κ3) is 8.25. The fraction of sp³-hybridized carbons (Fsp3) is 0.667. The molecule has 0 aromatic carbocycles. The van der Waals surface area contributed by atoms with Crippen molar-refractivity contribution in [1.82, 2.24) is 9.80 Å². The summed E-state index contributed by atoms with van der Waals surface area (Å²) in [7, 11) is -3.63. The first-order valence-electron chi connectivity index (χ1n) is 9.11. The third-order valence-corrected chi connectivity index (χ3v) is 4.84. The van der Waals surface area contributed by atoms with Gasteiger partial charge in [0, 0.05) is 18.8 Å². The Morgan fingerprint density at radius 2 is 1.60 bits per heavy atom. The van der Waals surface area contributed by atoms with Gasteiger partial charge in [0.2, 0.25) is 0 Å². The first-order chi connectivity index (χ1) is 13.4. The number of nitrogens with zero attached hydrogens (tertiary/aromatic N) is 2. The van der Waals surface area contributed by atoms with E-state index >= 15 is 0 Å². The van der Waals surface area contributed by atoms with Crippen LogP contribution in [-0.4, -0.2) is 76.0 Å². The molecule has 12 heteroatoms. The summed E-state index contributed by atoms with van der Waals surface area (Å²) in [5, 5.41) is 9.54. The van der Waals surface area contributed by atoms with Gasteiger partial charge in [-0.3, -0.25) is 28.5 Å². The van der Waals surface area contributed by atoms with Gasteiger partial charge in [-0.15, -0.1) is 0 Å². The minimum absolute atomic E-state index is 0.511. The Hall–Kier alpha value is -2.23. The SMILES string of the molecule is CC(C)(C)OC(=O)N(COP(C)(=O)OC(C)(C)C)C[C@@H](C(=O)O)N1C(=O)C=CC1=O. The average Bonchev–Trinajstić information content (AvgIpc) is 2.82. The molecular formula is C18H29N2O9P. The first-order valence-corrected chi connectivity index (χ1v) is 11.1. The van der Waals surface area contributed by atoms with Crippen molar-refractivity contribution < 1.29 is 42.6 Å². The van der Waals surface area contributed by atoms with Gasteiger partial charge in [-0.25, -0.2) is 9.59 Å². The molecule has 1 N–H and O–H groups in total. The number of hydrogen-bond donors (Lipinski definition) is 1. The second-order valence-corrected chi connectivity index (χ2v) is 10.7. The van der Waals surface area contributed by atoms with Crippen molar-refractivity contribution in [1.29, 1.82) is 0 Å². The molecule has 1 aliphatic heterocycles. The maximum Gasteiger partial charge on any atom is 0.412 e. The highest BCUT2D eigenvalue weighted by atomic mass is 31.2. The summed E-state index contributed by atoms with van der Waals surface area (Å²) in [4.78, 5) is 49.5. The molecule has 1 aliphatic rings. The van der Waals surface area contributed by atoms with E-state index in [1.807, 2.05) is 0 Å². The molecule has 1 heterocycles. The van der Waals surface area contributed by atoms with Crippen molar-refractivity contribution in [3.05, 3.63) is 12.2 Å². The average molecular weight is 448 g/mol. The van der Waals surface area contributed by atoms with Gasteiger partial charge in [-0.1, -0.05) is 0 Å². The molecule has 3 amide bonds. The smallest absolute Gasteiger partial charge is 0.412 e. The van der Waals surface area contributed by atoms with Gasteiger partial charge in [-0.05, 0) is 41.5 Å². The lowest BCUT2D eigenvalue weighted by atomic mass is 10.2. The lowest BCUT2D eigenvalue weighted by Crippen LogP contribution is -2.53. The molecule has 30 heavy (non-hydrogen) atoms. The number of carboxylic acids is 1. The van der Waals surface area contributed by atoms with Crippen molar-refractivity contribution >= 4 is 31.5 Å². The molecular weight excluding hydrogens is 419 g/mol. The van der Waals surface area contributed by atoms with E-state index in [2.05, 4.69) is 0 Å². The maximum atomic E-state index is 12.6. The van der Waals surface area contributed by atoms with Gasteiger partial charge >= 0.3 is 19.7 Å². The lowest BCUT2D eigenvalue weighted by molar-refractivity contribution is -0.154. The van der Waals surface area contributed by atoms with Crippen molar-refractivity contribution in [3.8, 4) is 0 Å². The van der Waals surface area contributed by atoms with E-state index < -0.39 is 62.0 Å². The summed E-state index contributed by atoms with van der Waals surface area (Å²) >= 11 is 0. The topological polar surface area (TPSA) is 140 Å². The van der Waals surface area contributed by atoms with Crippen molar-refractivity contribution in [2.75, 3.05) is 19.9 Å². The van der Waals surface area contributed by atoms with Crippen LogP contribution in [0.15, 0.2) is 12.2 Å². The van der Waals surface area contributed by atoms with Crippen LogP contribution in [0, 0.1) is 0 Å². The quantitative estimate of drug-likeness (QED) is 0.336. The van der Waals surface area contributed by atoms with Crippen molar-refractivity contribution in [3.63, 3.8) is 0 Å². The third-order valence-electron chi connectivity index (χ3n) is 3.37. The van der Waals surface area contributed by atoms with Crippen molar-refractivity contribution in [2.24, 2.45) is 0 Å². The number of rotatable bonds is 8. The molecule has 0 saturated heterocycles. The van der Waals surface area contributed by atoms with Crippen LogP contribution in [0.1, 0.15) is 41.5 Å². The van der Waals surface area contributed by atoms with Crippen molar-refractivity contribution in [2.45, 2.75) is 58.8 Å². The van der Waals surface area contributed by atoms with Crippen LogP contribution in [0.5, 0.6) is 0 Å². The standard InChI is InChI=1S/C18H29N2O9P/c1-17(2,3)28-16(25)19(11-27-30(7,26)29-18(4,5)6)10-12(15(23)24)20-13(21)8-9-14(20)22/h8-9,12H,10-11H2,1-7H3,(H,23,24)/t12-,30?/m0/s1. The molecule has 0 aromatic heterocycles. The number of carbonyl (C=O) groups is 4. The molecule has 11 nitrogen and oxygen atoms in total. The van der Waals surface area contributed by atoms with Gasteiger partial charge in [0.15, 0.2) is 6.04 Å². The Morgan fingerprint density at radius 1 is 1.10 bits per heavy atom. The number of carboxylic acid groups (broad SMARTS) is 1. The number of amides is 3. The van der Waals surface area contributed by atoms with E-state index in [1.54, 1.807) is 41.5 Å². The molecule has 0 aromatic rings. The minimum Gasteiger partial charge on any atom is -0.480 e. The summed E-state index contributed by atoms with van der Waals surface area (Å²) in [6.45, 7) is 9.71. The van der Waals surface area contributed by atoms with Gasteiger partial charge in [0.05, 0.1) is 12.1 Å². The zero-order valence-corrected chi connectivity index (χ0v) is 19.1. The zero-order chi connectivity index (χ0) is 23.5. The van der Waals surface area contributed by atoms with Gasteiger partial charge < -0.3 is 14.4 Å². The van der Waals surface area contributed by atoms with Gasteiger partial charge in [0.25, 0.3) is 11.8 Å². The number of hydrogen-bond acceptors (Lipinski definition) is 8. The predicted molar refractivity (Wildman–Crippen MR) is 106 cm³/mol. The molecule has 2 atom stereocenters. The molecule has 1 unspecified atom stereocenters. The fourth-order valence-corrected chi connectivity index (χ4v) is 3.80. The van der Waals surface area contributed by atoms with E-state index in [0.717, 1.165) is 17.1 Å². The summed E-state index contributed by atoms with van der Waals surface area (Å²) < 4.78 is 28.4. The summed E-state index contributed by atoms with van der Waals surface area (Å²) in [5.41, 5.74) is -1.72. The van der Waals surface area contributed by atoms with Crippen LogP contribution < -0.4 is 0 Å². The second kappa shape index (κ2) is 9.28. The predicted octanol–water partition coefficient (Wildman–Crippen LogP) is 2.21. The Balaban J connectivity index is 3.09. The van der Waals surface area contributed by atoms with E-state index in [-0.39, 0.29) is 0 Å². The highest BCUT2D eigenvalue weighted by Crippen LogP contribution is 2.47. The molecule has 0 spiro atoms. The highest BCUT2D eigenvalue weighted by molar-refractivity contribution is 7.53. The fourth-order valence-electron chi connectivity index (χ4n) is 2.40. The molecule has 0 radical (unpaired) electrons. The molecule has 170 valence electrons. The van der Waals surface area contributed by atoms with E-state index in [1.165, 1.54) is 6.66 Å². The number of aliphatic carboxylic acids is 1. The van der Waals surface area contributed by atoms with Crippen LogP contribution in [0.4, 0.5) is 4.79 Å². The van der Waals surface area contributed by atoms with E-state index in [9.17, 15) is 28.8 Å². The molecule has 0 saturated carbocycles. The summed E-state index contributed by atoms with van der Waals surface area (Å²) in [6, 6.07) is -1.70. The minimum atomic E-state index is -3.63. The Morgan fingerprint density at radius 3 is 2.00 bits per heavy atom. The van der Waals surface area contributed by atoms with Crippen LogP contribution in [-0.2, 0) is 32.7 Å². The normalized spacial score (nSPS) is 17.6. The Bertz CT molecular complexity index is 762. The molecule has 0 aliphatic carbocycles. The number of ether oxygens (including phenoxy) is 1. The Kier molecular flexibility index (Phi) is 7.98. The largest absolute Gasteiger partial charge is 0.480 e. The molecule has 0 bridgehead atoms. The second-order valence-electron chi connectivity index (χ2n) is 8.67. The monoisotopic (exact) mass is 448 g/mol. The lowest BCUT2D eigenvalue weighted by Gasteiger charge is -2.32. The van der Waals surface area contributed by atoms with Gasteiger partial charge in [-0.2, -0.15) is 0 Å². The summed E-state index contributed by atoms with van der Waals surface area (Å²) in [6.07, 6.45) is 0.894. The molecule has 0 fully saturated rings. The summed E-state index contributed by atoms with van der Waals surface area (Å²) in [5.74, 6) is -3.16. The zero-order valence-electron chi connectivity index (χ0n) is 18.2. The number of imide groups is 1. The van der Waals surface area contributed by atoms with E-state index in [4.69, 9.17) is 13.8 Å². The maximum absolute atomic E-state index is 12.6.